The number of nitrogens with one attached hydrogen (secondary N) is 3. The molecule has 0 aromatic heterocycles. The third kappa shape index (κ3) is 17.2. The van der Waals surface area contributed by atoms with E-state index in [4.69, 9.17) is 5.11 Å². The van der Waals surface area contributed by atoms with Gasteiger partial charge < -0.3 is 45.9 Å². The number of benzene rings is 3. The van der Waals surface area contributed by atoms with Crippen LogP contribution in [0.2, 0.25) is 0 Å². The summed E-state index contributed by atoms with van der Waals surface area (Å²) in [6.45, 7) is 3.93. The van der Waals surface area contributed by atoms with Crippen molar-refractivity contribution in [2.75, 3.05) is 14.2 Å². The van der Waals surface area contributed by atoms with Gasteiger partial charge in [0, 0.05) is 40.0 Å². The van der Waals surface area contributed by atoms with Crippen LogP contribution in [0.5, 0.6) is 17.2 Å². The van der Waals surface area contributed by atoms with E-state index in [0.717, 1.165) is 11.1 Å². The number of methoxy groups -OCH3 is 2. The van der Waals surface area contributed by atoms with Gasteiger partial charge in [0.15, 0.2) is 0 Å². The average molecular weight is 698 g/mol. The number of phenolic OH excluding ortho intramolecular Hbond substituents is 3. The fourth-order valence-electron chi connectivity index (χ4n) is 4.36. The van der Waals surface area contributed by atoms with E-state index in [1.807, 2.05) is 0 Å². The maximum Gasteiger partial charge on any atom is 0.328 e. The number of carboxylic acids is 1. The van der Waals surface area contributed by atoms with Gasteiger partial charge in [-0.2, -0.15) is 0 Å². The van der Waals surface area contributed by atoms with E-state index >= 15 is 0 Å². The van der Waals surface area contributed by atoms with Gasteiger partial charge in [-0.15, -0.1) is 0 Å². The van der Waals surface area contributed by atoms with Crippen LogP contribution >= 0.6 is 0 Å². The molecule has 0 aliphatic carbocycles. The molecule has 1 unspecified atom stereocenters. The number of aromatic hydroxyl groups is 3. The molecule has 0 spiro atoms. The summed E-state index contributed by atoms with van der Waals surface area (Å²) in [5, 5.41) is 44.0. The van der Waals surface area contributed by atoms with Crippen molar-refractivity contribution >= 4 is 35.6 Å². The van der Waals surface area contributed by atoms with Gasteiger partial charge >= 0.3 is 17.9 Å². The zero-order valence-corrected chi connectivity index (χ0v) is 28.3. The van der Waals surface area contributed by atoms with E-state index in [1.165, 1.54) is 71.4 Å². The molecule has 3 aromatic rings. The van der Waals surface area contributed by atoms with Gasteiger partial charge in [0.05, 0.1) is 14.2 Å². The van der Waals surface area contributed by atoms with Crippen molar-refractivity contribution in [3.05, 3.63) is 89.5 Å². The molecule has 0 radical (unpaired) electrons. The highest BCUT2D eigenvalue weighted by molar-refractivity contribution is 5.84. The van der Waals surface area contributed by atoms with Crippen LogP contribution in [0.1, 0.15) is 37.5 Å². The standard InChI is InChI=1S/2C12H15NO4.C11H13NO4/c2*1-8(14)13-11(12(16)17-2)7-9-4-3-5-10(15)6-9;1-7(13)12-10(11(15)16)6-8-3-2-4-9(14)5-8/h2*3-6,11,15H,7H2,1-2H3,(H,13,14);2-5,10,14H,6H2,1H3,(H,12,13)(H,15,16)/t11-;;10-/m1.0/s1. The molecule has 0 saturated heterocycles. The number of hydrogen-bond donors (Lipinski definition) is 7. The molecule has 0 bridgehead atoms. The number of hydrogen-bond acceptors (Lipinski definition) is 11. The summed E-state index contributed by atoms with van der Waals surface area (Å²) >= 11 is 0. The van der Waals surface area contributed by atoms with Crippen LogP contribution in [0.25, 0.3) is 0 Å². The molecule has 0 aliphatic heterocycles. The van der Waals surface area contributed by atoms with E-state index in [-0.39, 0.29) is 48.3 Å². The minimum atomic E-state index is -1.10. The molecule has 3 atom stereocenters. The minimum absolute atomic E-state index is 0.0736. The monoisotopic (exact) mass is 697 g/mol. The average Bonchev–Trinajstić information content (AvgIpc) is 3.03. The first-order valence-electron chi connectivity index (χ1n) is 15.1. The Hall–Kier alpha value is -6.12. The zero-order valence-electron chi connectivity index (χ0n) is 28.3. The van der Waals surface area contributed by atoms with Crippen molar-refractivity contribution in [2.45, 2.75) is 58.2 Å². The summed E-state index contributed by atoms with van der Waals surface area (Å²) < 4.78 is 9.20. The fourth-order valence-corrected chi connectivity index (χ4v) is 4.36. The van der Waals surface area contributed by atoms with Gasteiger partial charge in [-0.1, -0.05) is 36.4 Å². The number of amides is 3. The first-order chi connectivity index (χ1) is 23.5. The second kappa shape index (κ2) is 21.7. The maximum absolute atomic E-state index is 11.4. The number of ether oxygens (including phenoxy) is 2. The summed E-state index contributed by atoms with van der Waals surface area (Å²) in [5.74, 6) is -2.81. The summed E-state index contributed by atoms with van der Waals surface area (Å²) in [6.07, 6.45) is 0.699. The van der Waals surface area contributed by atoms with E-state index in [9.17, 15) is 44.1 Å². The summed E-state index contributed by atoms with van der Waals surface area (Å²) in [6, 6.07) is 16.9. The van der Waals surface area contributed by atoms with Crippen molar-refractivity contribution in [3.63, 3.8) is 0 Å². The van der Waals surface area contributed by atoms with Crippen LogP contribution in [0.15, 0.2) is 72.8 Å². The topological polar surface area (TPSA) is 238 Å². The molecule has 3 amide bonds. The number of esters is 2. The molecule has 0 aliphatic rings. The highest BCUT2D eigenvalue weighted by Crippen LogP contribution is 2.15. The molecule has 3 aromatic carbocycles. The van der Waals surface area contributed by atoms with Gasteiger partial charge in [-0.25, -0.2) is 14.4 Å². The molecule has 15 heteroatoms. The lowest BCUT2D eigenvalue weighted by atomic mass is 10.1. The Bertz CT molecular complexity index is 1530. The Morgan fingerprint density at radius 1 is 0.540 bits per heavy atom. The Balaban J connectivity index is 0.000000375. The molecular weight excluding hydrogens is 654 g/mol. The SMILES string of the molecule is CC(=O)N[C@@H](Cc1cccc(O)c1)C(=O)O.COC(=O)C(Cc1cccc(O)c1)NC(C)=O.COC(=O)[C@@H](Cc1cccc(O)c1)NC(C)=O. The van der Waals surface area contributed by atoms with Gasteiger partial charge in [0.25, 0.3) is 0 Å². The van der Waals surface area contributed by atoms with Crippen LogP contribution in [-0.2, 0) is 57.5 Å². The third-order valence-electron chi connectivity index (χ3n) is 6.45. The van der Waals surface area contributed by atoms with Crippen LogP contribution < -0.4 is 16.0 Å². The predicted molar refractivity (Wildman–Crippen MR) is 180 cm³/mol. The van der Waals surface area contributed by atoms with Gasteiger partial charge in [0.1, 0.15) is 35.4 Å². The number of rotatable bonds is 12. The lowest BCUT2D eigenvalue weighted by molar-refractivity contribution is -0.145. The van der Waals surface area contributed by atoms with Gasteiger partial charge in [-0.3, -0.25) is 14.4 Å². The van der Waals surface area contributed by atoms with Crippen molar-refractivity contribution in [1.82, 2.24) is 16.0 Å². The van der Waals surface area contributed by atoms with Gasteiger partial charge in [0.2, 0.25) is 17.7 Å². The van der Waals surface area contributed by atoms with Crippen LogP contribution in [0.4, 0.5) is 0 Å². The lowest BCUT2D eigenvalue weighted by Crippen LogP contribution is -2.41. The summed E-state index contributed by atoms with van der Waals surface area (Å²) in [4.78, 5) is 66.4. The van der Waals surface area contributed by atoms with Gasteiger partial charge in [-0.05, 0) is 53.1 Å². The van der Waals surface area contributed by atoms with E-state index in [2.05, 4.69) is 25.4 Å². The Morgan fingerprint density at radius 2 is 0.820 bits per heavy atom. The summed E-state index contributed by atoms with van der Waals surface area (Å²) in [5.41, 5.74) is 2.14. The van der Waals surface area contributed by atoms with Crippen LogP contribution in [0.3, 0.4) is 0 Å². The quantitative estimate of drug-likeness (QED) is 0.134. The van der Waals surface area contributed by atoms with E-state index < -0.39 is 41.9 Å². The van der Waals surface area contributed by atoms with E-state index in [0.29, 0.717) is 5.56 Å². The van der Waals surface area contributed by atoms with Crippen molar-refractivity contribution in [2.24, 2.45) is 0 Å². The minimum Gasteiger partial charge on any atom is -0.508 e. The molecule has 7 N–H and O–H groups in total. The lowest BCUT2D eigenvalue weighted by Gasteiger charge is -2.15. The Kier molecular flexibility index (Phi) is 18.2. The maximum atomic E-state index is 11.4. The molecular formula is C35H43N3O12. The molecule has 50 heavy (non-hydrogen) atoms. The number of carbonyl (C=O) groups excluding carboxylic acids is 5. The highest BCUT2D eigenvalue weighted by atomic mass is 16.5. The largest absolute Gasteiger partial charge is 0.508 e. The number of carbonyl (C=O) groups is 6. The third-order valence-corrected chi connectivity index (χ3v) is 6.45. The normalized spacial score (nSPS) is 11.7. The molecule has 15 nitrogen and oxygen atoms in total. The fraction of sp³-hybridized carbons (Fsp3) is 0.314. The first kappa shape index (κ1) is 41.9. The smallest absolute Gasteiger partial charge is 0.328 e. The summed E-state index contributed by atoms with van der Waals surface area (Å²) in [7, 11) is 2.53. The van der Waals surface area contributed by atoms with Crippen molar-refractivity contribution in [1.29, 1.82) is 0 Å². The second-order valence-corrected chi connectivity index (χ2v) is 10.8. The second-order valence-electron chi connectivity index (χ2n) is 10.8. The molecule has 0 fully saturated rings. The number of carboxylic acid groups (broad SMARTS) is 1. The van der Waals surface area contributed by atoms with Crippen molar-refractivity contribution < 1.29 is 58.7 Å². The molecule has 0 saturated carbocycles. The molecule has 0 heterocycles. The predicted octanol–water partition coefficient (Wildman–Crippen LogP) is 1.75. The first-order valence-corrected chi connectivity index (χ1v) is 15.1. The van der Waals surface area contributed by atoms with Crippen molar-refractivity contribution in [3.8, 4) is 17.2 Å². The van der Waals surface area contributed by atoms with E-state index in [1.54, 1.807) is 36.4 Å². The van der Waals surface area contributed by atoms with Crippen LogP contribution in [-0.4, -0.2) is 88.4 Å². The number of phenols is 3. The highest BCUT2D eigenvalue weighted by Gasteiger charge is 2.22. The number of aliphatic carboxylic acids is 1. The Labute approximate surface area is 289 Å². The van der Waals surface area contributed by atoms with Crippen LogP contribution in [0, 0.1) is 0 Å². The molecule has 270 valence electrons. The zero-order chi connectivity index (χ0) is 37.8. The Morgan fingerprint density at radius 3 is 1.06 bits per heavy atom. The molecule has 3 rings (SSSR count).